The molecule has 1 unspecified atom stereocenters. The second-order valence-corrected chi connectivity index (χ2v) is 11.2. The lowest BCUT2D eigenvalue weighted by Gasteiger charge is -2.21. The quantitative estimate of drug-likeness (QED) is 0.186. The summed E-state index contributed by atoms with van der Waals surface area (Å²) in [6, 6.07) is 14.4. The van der Waals surface area contributed by atoms with Crippen LogP contribution in [0.15, 0.2) is 48.5 Å². The molecule has 1 N–H and O–H groups in total. The minimum absolute atomic E-state index is 0.0215. The SMILES string of the molecule is CC(C)(C)OC(=O)COCCOc1ccc(-c2ccc(C(=O)OCCC(CO)OCC(=O)OC(C)(C)C)cc2)cc1. The highest BCUT2D eigenvalue weighted by Crippen LogP contribution is 2.23. The van der Waals surface area contributed by atoms with Crippen LogP contribution >= 0.6 is 0 Å². The van der Waals surface area contributed by atoms with Crippen molar-refractivity contribution in [2.75, 3.05) is 39.6 Å². The van der Waals surface area contributed by atoms with E-state index in [2.05, 4.69) is 0 Å². The van der Waals surface area contributed by atoms with Gasteiger partial charge < -0.3 is 33.5 Å². The zero-order valence-corrected chi connectivity index (χ0v) is 24.8. The van der Waals surface area contributed by atoms with Crippen LogP contribution in [0.1, 0.15) is 58.3 Å². The molecule has 2 aromatic rings. The van der Waals surface area contributed by atoms with E-state index in [1.165, 1.54) is 0 Å². The van der Waals surface area contributed by atoms with Gasteiger partial charge in [0.2, 0.25) is 0 Å². The molecular formula is C31H42O10. The Morgan fingerprint density at radius 1 is 0.732 bits per heavy atom. The van der Waals surface area contributed by atoms with Crippen LogP contribution in [-0.4, -0.2) is 80.0 Å². The van der Waals surface area contributed by atoms with Crippen LogP contribution in [0.4, 0.5) is 0 Å². The summed E-state index contributed by atoms with van der Waals surface area (Å²) in [6.45, 7) is 10.5. The Morgan fingerprint density at radius 2 is 1.27 bits per heavy atom. The van der Waals surface area contributed by atoms with E-state index in [0.717, 1.165) is 11.1 Å². The highest BCUT2D eigenvalue weighted by atomic mass is 16.6. The van der Waals surface area contributed by atoms with Crippen molar-refractivity contribution in [2.45, 2.75) is 65.3 Å². The first-order valence-electron chi connectivity index (χ1n) is 13.5. The maximum atomic E-state index is 12.4. The minimum Gasteiger partial charge on any atom is -0.491 e. The standard InChI is InChI=1S/C31H42O10/c1-30(2,3)40-27(33)20-36-17-18-37-25-13-11-23(12-14-25)22-7-9-24(10-8-22)29(35)38-16-15-26(19-32)39-21-28(34)41-31(4,5)6/h7-14,26,32H,15-21H2,1-6H3. The lowest BCUT2D eigenvalue weighted by atomic mass is 10.0. The Hall–Kier alpha value is -3.47. The first-order valence-corrected chi connectivity index (χ1v) is 13.5. The second-order valence-electron chi connectivity index (χ2n) is 11.2. The molecule has 0 aliphatic carbocycles. The van der Waals surface area contributed by atoms with Crippen molar-refractivity contribution < 1.29 is 47.9 Å². The molecule has 0 amide bonds. The summed E-state index contributed by atoms with van der Waals surface area (Å²) in [5.74, 6) is -0.792. The van der Waals surface area contributed by atoms with Crippen LogP contribution in [0, 0.1) is 0 Å². The van der Waals surface area contributed by atoms with Crippen LogP contribution in [0.5, 0.6) is 5.75 Å². The van der Waals surface area contributed by atoms with E-state index in [1.54, 1.807) is 53.7 Å². The summed E-state index contributed by atoms with van der Waals surface area (Å²) in [5.41, 5.74) is 1.06. The lowest BCUT2D eigenvalue weighted by molar-refractivity contribution is -0.163. The van der Waals surface area contributed by atoms with Gasteiger partial charge in [-0.3, -0.25) is 0 Å². The first kappa shape index (κ1) is 33.7. The van der Waals surface area contributed by atoms with E-state index in [-0.39, 0.29) is 46.1 Å². The number of carbonyl (C=O) groups is 3. The van der Waals surface area contributed by atoms with E-state index in [1.807, 2.05) is 36.4 Å². The van der Waals surface area contributed by atoms with Crippen molar-refractivity contribution >= 4 is 17.9 Å². The van der Waals surface area contributed by atoms with Gasteiger partial charge in [0.1, 0.15) is 36.8 Å². The van der Waals surface area contributed by atoms with E-state index in [0.29, 0.717) is 11.3 Å². The monoisotopic (exact) mass is 574 g/mol. The van der Waals surface area contributed by atoms with Crippen molar-refractivity contribution in [3.8, 4) is 16.9 Å². The summed E-state index contributed by atoms with van der Waals surface area (Å²) in [5, 5.41) is 9.48. The number of ether oxygens (including phenoxy) is 6. The van der Waals surface area contributed by atoms with Crippen molar-refractivity contribution in [1.82, 2.24) is 0 Å². The summed E-state index contributed by atoms with van der Waals surface area (Å²) in [6.07, 6.45) is -0.428. The Balaban J connectivity index is 1.73. The van der Waals surface area contributed by atoms with E-state index in [4.69, 9.17) is 28.4 Å². The van der Waals surface area contributed by atoms with Crippen molar-refractivity contribution in [1.29, 1.82) is 0 Å². The molecule has 0 aliphatic heterocycles. The molecule has 0 radical (unpaired) electrons. The molecule has 0 bridgehead atoms. The third kappa shape index (κ3) is 14.1. The van der Waals surface area contributed by atoms with Gasteiger partial charge in [0.05, 0.1) is 31.5 Å². The first-order chi connectivity index (χ1) is 19.3. The number of hydrogen-bond donors (Lipinski definition) is 1. The van der Waals surface area contributed by atoms with Gasteiger partial charge in [0, 0.05) is 6.42 Å². The number of rotatable bonds is 15. The second kappa shape index (κ2) is 16.1. The summed E-state index contributed by atoms with van der Waals surface area (Å²) >= 11 is 0. The highest BCUT2D eigenvalue weighted by Gasteiger charge is 2.19. The van der Waals surface area contributed by atoms with Gasteiger partial charge in [-0.15, -0.1) is 0 Å². The number of benzene rings is 2. The molecule has 0 fully saturated rings. The third-order valence-corrected chi connectivity index (χ3v) is 5.18. The topological polar surface area (TPSA) is 127 Å². The molecule has 2 aromatic carbocycles. The predicted octanol–water partition coefficient (Wildman–Crippen LogP) is 4.36. The van der Waals surface area contributed by atoms with Crippen LogP contribution in [0.3, 0.4) is 0 Å². The van der Waals surface area contributed by atoms with Gasteiger partial charge in [-0.2, -0.15) is 0 Å². The summed E-state index contributed by atoms with van der Waals surface area (Å²) < 4.78 is 32.0. The Kier molecular flexibility index (Phi) is 13.2. The Morgan fingerprint density at radius 3 is 1.80 bits per heavy atom. The molecule has 10 heteroatoms. The summed E-state index contributed by atoms with van der Waals surface area (Å²) in [4.78, 5) is 35.8. The van der Waals surface area contributed by atoms with Crippen LogP contribution in [0.2, 0.25) is 0 Å². The Labute approximate surface area is 241 Å². The molecule has 0 saturated carbocycles. The number of aliphatic hydroxyl groups is 1. The molecule has 0 heterocycles. The molecule has 0 aromatic heterocycles. The molecule has 0 saturated heterocycles. The van der Waals surface area contributed by atoms with Gasteiger partial charge in [-0.25, -0.2) is 14.4 Å². The average molecular weight is 575 g/mol. The van der Waals surface area contributed by atoms with Crippen LogP contribution in [0.25, 0.3) is 11.1 Å². The van der Waals surface area contributed by atoms with Crippen LogP contribution in [-0.2, 0) is 33.3 Å². The molecule has 226 valence electrons. The van der Waals surface area contributed by atoms with Gasteiger partial charge in [-0.05, 0) is 76.9 Å². The predicted molar refractivity (Wildman–Crippen MR) is 152 cm³/mol. The lowest BCUT2D eigenvalue weighted by Crippen LogP contribution is -2.29. The zero-order chi connectivity index (χ0) is 30.5. The van der Waals surface area contributed by atoms with Crippen molar-refractivity contribution in [3.05, 3.63) is 54.1 Å². The number of esters is 3. The number of hydrogen-bond acceptors (Lipinski definition) is 10. The number of aliphatic hydroxyl groups excluding tert-OH is 1. The van der Waals surface area contributed by atoms with Gasteiger partial charge in [0.25, 0.3) is 0 Å². The normalized spacial score (nSPS) is 12.4. The van der Waals surface area contributed by atoms with E-state index in [9.17, 15) is 19.5 Å². The molecule has 0 aliphatic rings. The molecule has 41 heavy (non-hydrogen) atoms. The molecule has 10 nitrogen and oxygen atoms in total. The molecule has 1 atom stereocenters. The largest absolute Gasteiger partial charge is 0.491 e. The van der Waals surface area contributed by atoms with Gasteiger partial charge >= 0.3 is 17.9 Å². The van der Waals surface area contributed by atoms with Gasteiger partial charge in [-0.1, -0.05) is 24.3 Å². The smallest absolute Gasteiger partial charge is 0.338 e. The zero-order valence-electron chi connectivity index (χ0n) is 24.8. The third-order valence-electron chi connectivity index (χ3n) is 5.18. The van der Waals surface area contributed by atoms with E-state index < -0.39 is 35.2 Å². The van der Waals surface area contributed by atoms with Crippen LogP contribution < -0.4 is 4.74 Å². The molecule has 0 spiro atoms. The number of carbonyl (C=O) groups excluding carboxylic acids is 3. The van der Waals surface area contributed by atoms with E-state index >= 15 is 0 Å². The average Bonchev–Trinajstić information content (AvgIpc) is 2.88. The summed E-state index contributed by atoms with van der Waals surface area (Å²) in [7, 11) is 0. The maximum absolute atomic E-state index is 12.4. The fraction of sp³-hybridized carbons (Fsp3) is 0.516. The molecule has 2 rings (SSSR count). The van der Waals surface area contributed by atoms with Crippen molar-refractivity contribution in [2.24, 2.45) is 0 Å². The maximum Gasteiger partial charge on any atom is 0.338 e. The van der Waals surface area contributed by atoms with Gasteiger partial charge in [0.15, 0.2) is 0 Å². The molecular weight excluding hydrogens is 532 g/mol. The Bertz CT molecular complexity index is 1100. The fourth-order valence-corrected chi connectivity index (χ4v) is 3.44. The minimum atomic E-state index is -0.658. The fourth-order valence-electron chi connectivity index (χ4n) is 3.44. The highest BCUT2D eigenvalue weighted by molar-refractivity contribution is 5.90. The van der Waals surface area contributed by atoms with Crippen molar-refractivity contribution in [3.63, 3.8) is 0 Å².